The molecule has 2 aromatic heterocycles. The minimum atomic E-state index is -0.323. The fourth-order valence-electron chi connectivity index (χ4n) is 6.83. The second kappa shape index (κ2) is 11.0. The van der Waals surface area contributed by atoms with Crippen molar-refractivity contribution < 1.29 is 9.18 Å². The molecule has 0 unspecified atom stereocenters. The number of halogens is 1. The Balaban J connectivity index is 1.33. The number of hydrogen-bond acceptors (Lipinski definition) is 6. The van der Waals surface area contributed by atoms with Crippen LogP contribution in [0, 0.1) is 5.82 Å². The Morgan fingerprint density at radius 2 is 2.00 bits per heavy atom. The third-order valence-corrected chi connectivity index (χ3v) is 10.2. The van der Waals surface area contributed by atoms with E-state index in [4.69, 9.17) is 0 Å². The Morgan fingerprint density at radius 3 is 2.74 bits per heavy atom. The summed E-state index contributed by atoms with van der Waals surface area (Å²) >= 11 is 1.62. The molecule has 39 heavy (non-hydrogen) atoms. The maximum atomic E-state index is 15.5. The van der Waals surface area contributed by atoms with Crippen molar-refractivity contribution in [2.45, 2.75) is 70.3 Å². The summed E-state index contributed by atoms with van der Waals surface area (Å²) < 4.78 is 16.7. The largest absolute Gasteiger partial charge is 0.367 e. The zero-order valence-electron chi connectivity index (χ0n) is 23.4. The second-order valence-electron chi connectivity index (χ2n) is 11.7. The highest BCUT2D eigenvalue weighted by molar-refractivity contribution is 7.12. The van der Waals surface area contributed by atoms with Crippen molar-refractivity contribution in [1.82, 2.24) is 14.8 Å². The van der Waals surface area contributed by atoms with Crippen LogP contribution in [0.5, 0.6) is 0 Å². The smallest absolute Gasteiger partial charge is 0.263 e. The van der Waals surface area contributed by atoms with E-state index in [1.807, 2.05) is 20.3 Å². The number of rotatable bonds is 6. The summed E-state index contributed by atoms with van der Waals surface area (Å²) in [6.45, 7) is 6.23. The number of nitrogens with zero attached hydrogens (tertiary/aromatic N) is 4. The number of allylic oxidation sites excluding steroid dienone is 2. The first-order chi connectivity index (χ1) is 18.9. The summed E-state index contributed by atoms with van der Waals surface area (Å²) in [5.74, 6) is 0.414. The van der Waals surface area contributed by atoms with Crippen molar-refractivity contribution >= 4 is 40.9 Å². The van der Waals surface area contributed by atoms with Crippen molar-refractivity contribution in [3.8, 4) is 0 Å². The van der Waals surface area contributed by atoms with Gasteiger partial charge in [0.15, 0.2) is 11.6 Å². The lowest BCUT2D eigenvalue weighted by Crippen LogP contribution is -2.50. The van der Waals surface area contributed by atoms with Crippen LogP contribution in [0.4, 0.5) is 15.9 Å². The number of carbonyl (C=O) groups excluding carboxylic acids is 1. The SMILES string of the molecule is CCC1=C(Nc2ncc(N3CCN4CCC[C@H]4C3)cc2F)C=c2c(C3CCCC3)c(C(=O)N(C)C)sc2=CC1. The molecule has 2 aliphatic heterocycles. The zero-order valence-corrected chi connectivity index (χ0v) is 24.2. The number of piperazine rings is 1. The van der Waals surface area contributed by atoms with Crippen molar-refractivity contribution in [2.75, 3.05) is 50.5 Å². The van der Waals surface area contributed by atoms with Gasteiger partial charge >= 0.3 is 0 Å². The minimum absolute atomic E-state index is 0.0766. The molecule has 6 rings (SSSR count). The quantitative estimate of drug-likeness (QED) is 0.568. The van der Waals surface area contributed by atoms with E-state index < -0.39 is 0 Å². The highest BCUT2D eigenvalue weighted by Gasteiger charge is 2.31. The van der Waals surface area contributed by atoms with Crippen LogP contribution < -0.4 is 20.0 Å². The molecule has 3 fully saturated rings. The van der Waals surface area contributed by atoms with Gasteiger partial charge in [0.2, 0.25) is 0 Å². The standard InChI is InChI=1S/C31H40FN5OS/c1-4-20-11-12-27-24(28(21-8-5-6-9-21)29(39-27)31(38)35(2)3)17-26(20)34-30-25(32)16-23(18-33-30)37-15-14-36-13-7-10-22(36)19-37/h12,16-18,21-22H,4-11,13-15,19H2,1-3H3,(H,33,34)/t22-/m0/s1. The number of anilines is 2. The molecule has 4 heterocycles. The Morgan fingerprint density at radius 1 is 1.18 bits per heavy atom. The fourth-order valence-corrected chi connectivity index (χ4v) is 8.16. The van der Waals surface area contributed by atoms with Gasteiger partial charge in [0.05, 0.1) is 16.8 Å². The highest BCUT2D eigenvalue weighted by Crippen LogP contribution is 2.36. The lowest BCUT2D eigenvalue weighted by atomic mass is 9.95. The summed E-state index contributed by atoms with van der Waals surface area (Å²) in [4.78, 5) is 25.2. The van der Waals surface area contributed by atoms with E-state index in [1.165, 1.54) is 43.4 Å². The van der Waals surface area contributed by atoms with Crippen LogP contribution in [0.15, 0.2) is 23.5 Å². The Hall–Kier alpha value is -2.71. The molecule has 0 radical (unpaired) electrons. The van der Waals surface area contributed by atoms with Crippen LogP contribution in [0.2, 0.25) is 0 Å². The normalized spacial score (nSPS) is 21.7. The maximum Gasteiger partial charge on any atom is 0.263 e. The first kappa shape index (κ1) is 26.5. The molecule has 2 aliphatic carbocycles. The topological polar surface area (TPSA) is 51.7 Å². The molecule has 1 atom stereocenters. The molecule has 0 spiro atoms. The number of carbonyl (C=O) groups is 1. The third-order valence-electron chi connectivity index (χ3n) is 9.04. The van der Waals surface area contributed by atoms with Crippen molar-refractivity contribution in [3.63, 3.8) is 0 Å². The van der Waals surface area contributed by atoms with Crippen LogP contribution in [0.3, 0.4) is 0 Å². The lowest BCUT2D eigenvalue weighted by Gasteiger charge is -2.38. The van der Waals surface area contributed by atoms with Gasteiger partial charge < -0.3 is 15.1 Å². The number of fused-ring (bicyclic) bond motifs is 2. The van der Waals surface area contributed by atoms with Crippen molar-refractivity contribution in [1.29, 1.82) is 0 Å². The molecular weight excluding hydrogens is 509 g/mol. The number of pyridine rings is 1. The van der Waals surface area contributed by atoms with Gasteiger partial charge in [-0.1, -0.05) is 25.8 Å². The summed E-state index contributed by atoms with van der Waals surface area (Å²) in [7, 11) is 3.65. The molecule has 208 valence electrons. The number of amides is 1. The zero-order chi connectivity index (χ0) is 27.1. The number of thiophene rings is 1. The van der Waals surface area contributed by atoms with E-state index in [2.05, 4.69) is 39.2 Å². The molecular formula is C31H40FN5OS. The Kier molecular flexibility index (Phi) is 7.51. The van der Waals surface area contributed by atoms with E-state index in [1.54, 1.807) is 22.3 Å². The minimum Gasteiger partial charge on any atom is -0.367 e. The van der Waals surface area contributed by atoms with Gasteiger partial charge in [-0.3, -0.25) is 9.69 Å². The van der Waals surface area contributed by atoms with Gasteiger partial charge in [-0.05, 0) is 73.4 Å². The number of nitrogens with one attached hydrogen (secondary N) is 1. The van der Waals surface area contributed by atoms with E-state index >= 15 is 4.39 Å². The maximum absolute atomic E-state index is 15.5. The molecule has 0 bridgehead atoms. The summed E-state index contributed by atoms with van der Waals surface area (Å²) in [5, 5.41) is 4.51. The predicted octanol–water partition coefficient (Wildman–Crippen LogP) is 4.67. The van der Waals surface area contributed by atoms with Gasteiger partial charge in [-0.25, -0.2) is 9.37 Å². The van der Waals surface area contributed by atoms with Crippen LogP contribution in [-0.2, 0) is 0 Å². The lowest BCUT2D eigenvalue weighted by molar-refractivity contribution is 0.0830. The van der Waals surface area contributed by atoms with Gasteiger partial charge in [0, 0.05) is 56.1 Å². The third kappa shape index (κ3) is 5.13. The average molecular weight is 550 g/mol. The Bertz CT molecular complexity index is 1410. The van der Waals surface area contributed by atoms with E-state index in [-0.39, 0.29) is 17.5 Å². The molecule has 1 saturated carbocycles. The van der Waals surface area contributed by atoms with E-state index in [0.717, 1.165) is 71.3 Å². The predicted molar refractivity (Wildman–Crippen MR) is 158 cm³/mol. The molecule has 1 N–H and O–H groups in total. The first-order valence-corrected chi connectivity index (χ1v) is 15.4. The summed E-state index contributed by atoms with van der Waals surface area (Å²) in [6.07, 6.45) is 15.0. The van der Waals surface area contributed by atoms with Crippen molar-refractivity contribution in [3.05, 3.63) is 49.5 Å². The molecule has 1 amide bonds. The molecule has 2 saturated heterocycles. The van der Waals surface area contributed by atoms with Gasteiger partial charge in [-0.2, -0.15) is 0 Å². The highest BCUT2D eigenvalue weighted by atomic mass is 32.1. The molecule has 6 nitrogen and oxygen atoms in total. The first-order valence-electron chi connectivity index (χ1n) is 14.6. The molecule has 8 heteroatoms. The fraction of sp³-hybridized carbons (Fsp3) is 0.548. The molecule has 4 aliphatic rings. The summed E-state index contributed by atoms with van der Waals surface area (Å²) in [5.41, 5.74) is 4.18. The number of hydrogen-bond donors (Lipinski definition) is 1. The van der Waals surface area contributed by atoms with Crippen LogP contribution >= 0.6 is 11.3 Å². The number of aromatic nitrogens is 1. The van der Waals surface area contributed by atoms with Crippen LogP contribution in [-0.4, -0.2) is 67.0 Å². The Labute approximate surface area is 234 Å². The van der Waals surface area contributed by atoms with E-state index in [0.29, 0.717) is 12.0 Å². The summed E-state index contributed by atoms with van der Waals surface area (Å²) in [6, 6.07) is 2.22. The van der Waals surface area contributed by atoms with Gasteiger partial charge in [-0.15, -0.1) is 11.3 Å². The van der Waals surface area contributed by atoms with Crippen molar-refractivity contribution in [2.24, 2.45) is 0 Å². The molecule has 2 aromatic rings. The van der Waals surface area contributed by atoms with Gasteiger partial charge in [0.1, 0.15) is 0 Å². The van der Waals surface area contributed by atoms with Crippen LogP contribution in [0.25, 0.3) is 12.2 Å². The average Bonchev–Trinajstić information content (AvgIpc) is 3.67. The van der Waals surface area contributed by atoms with Crippen LogP contribution in [0.1, 0.15) is 79.4 Å². The monoisotopic (exact) mass is 549 g/mol. The second-order valence-corrected chi connectivity index (χ2v) is 12.7. The van der Waals surface area contributed by atoms with Gasteiger partial charge in [0.25, 0.3) is 5.91 Å². The van der Waals surface area contributed by atoms with E-state index in [9.17, 15) is 4.79 Å². The molecule has 0 aromatic carbocycles.